The molecule has 0 bridgehead atoms. The highest BCUT2D eigenvalue weighted by molar-refractivity contribution is 5.68. The number of hydrogen-bond donors (Lipinski definition) is 0. The van der Waals surface area contributed by atoms with Crippen molar-refractivity contribution < 1.29 is 19.5 Å². The molecule has 0 aromatic heterocycles. The summed E-state index contributed by atoms with van der Waals surface area (Å²) in [6.07, 6.45) is 0.201. The zero-order valence-electron chi connectivity index (χ0n) is 8.00. The largest absolute Gasteiger partial charge is 0.355 e. The van der Waals surface area contributed by atoms with Gasteiger partial charge in [-0.05, 0) is 12.1 Å². The Labute approximate surface area is 85.5 Å². The molecule has 0 aliphatic carbocycles. The van der Waals surface area contributed by atoms with E-state index >= 15 is 0 Å². The summed E-state index contributed by atoms with van der Waals surface area (Å²) in [4.78, 5) is 29.5. The maximum absolute atomic E-state index is 10.7. The fraction of sp³-hybridized carbons (Fsp3) is 0.222. The summed E-state index contributed by atoms with van der Waals surface area (Å²) >= 11 is 0. The second-order valence-electron chi connectivity index (χ2n) is 2.64. The Morgan fingerprint density at radius 3 is 2.47 bits per heavy atom. The lowest BCUT2D eigenvalue weighted by Gasteiger charge is -2.01. The standard InChI is InChI=1S/C9H9NO5/c1-2-9(11)15-14-8-5-3-7(4-6-8)10(12)13/h3-6H,2H2,1H3. The minimum atomic E-state index is -0.526. The first-order valence-electron chi connectivity index (χ1n) is 4.25. The van der Waals surface area contributed by atoms with Crippen molar-refractivity contribution in [3.05, 3.63) is 34.4 Å². The molecule has 0 saturated carbocycles. The van der Waals surface area contributed by atoms with Gasteiger partial charge < -0.3 is 0 Å². The molecular formula is C9H9NO5. The smallest absolute Gasteiger partial charge is 0.287 e. The van der Waals surface area contributed by atoms with Crippen LogP contribution < -0.4 is 4.89 Å². The van der Waals surface area contributed by atoms with E-state index in [0.29, 0.717) is 0 Å². The third-order valence-electron chi connectivity index (χ3n) is 1.57. The molecule has 80 valence electrons. The first-order chi connectivity index (χ1) is 7.13. The second kappa shape index (κ2) is 4.94. The summed E-state index contributed by atoms with van der Waals surface area (Å²) < 4.78 is 0. The van der Waals surface area contributed by atoms with Crippen LogP contribution >= 0.6 is 0 Å². The fourth-order valence-electron chi connectivity index (χ4n) is 0.777. The molecule has 0 fully saturated rings. The van der Waals surface area contributed by atoms with Crippen molar-refractivity contribution in [1.82, 2.24) is 0 Å². The van der Waals surface area contributed by atoms with Crippen molar-refractivity contribution in [2.24, 2.45) is 0 Å². The normalized spacial score (nSPS) is 9.40. The van der Waals surface area contributed by atoms with Crippen molar-refractivity contribution in [3.8, 4) is 5.75 Å². The predicted molar refractivity (Wildman–Crippen MR) is 50.1 cm³/mol. The molecule has 0 atom stereocenters. The van der Waals surface area contributed by atoms with Gasteiger partial charge >= 0.3 is 5.97 Å². The monoisotopic (exact) mass is 211 g/mol. The zero-order valence-corrected chi connectivity index (χ0v) is 8.00. The average Bonchev–Trinajstić information content (AvgIpc) is 2.26. The highest BCUT2D eigenvalue weighted by Crippen LogP contribution is 2.17. The van der Waals surface area contributed by atoms with E-state index in [2.05, 4.69) is 9.78 Å². The van der Waals surface area contributed by atoms with Gasteiger partial charge in [0.05, 0.1) is 4.92 Å². The van der Waals surface area contributed by atoms with Crippen LogP contribution in [-0.4, -0.2) is 10.9 Å². The predicted octanol–water partition coefficient (Wildman–Crippen LogP) is 1.84. The summed E-state index contributed by atoms with van der Waals surface area (Å²) in [6, 6.07) is 5.21. The summed E-state index contributed by atoms with van der Waals surface area (Å²) in [5.41, 5.74) is -0.0517. The molecule has 0 unspecified atom stereocenters. The van der Waals surface area contributed by atoms with Crippen LogP contribution in [0.5, 0.6) is 5.75 Å². The first kappa shape index (κ1) is 11.0. The number of rotatable bonds is 4. The third kappa shape index (κ3) is 3.26. The topological polar surface area (TPSA) is 78.7 Å². The van der Waals surface area contributed by atoms with Gasteiger partial charge in [-0.3, -0.25) is 19.9 Å². The van der Waals surface area contributed by atoms with Gasteiger partial charge in [0.15, 0.2) is 5.75 Å². The van der Waals surface area contributed by atoms with Crippen LogP contribution in [-0.2, 0) is 9.68 Å². The van der Waals surface area contributed by atoms with Crippen molar-refractivity contribution in [2.75, 3.05) is 0 Å². The molecule has 0 amide bonds. The molecule has 0 heterocycles. The highest BCUT2D eigenvalue weighted by Gasteiger charge is 2.06. The molecule has 0 N–H and O–H groups in total. The molecule has 0 aliphatic heterocycles. The van der Waals surface area contributed by atoms with Crippen molar-refractivity contribution in [1.29, 1.82) is 0 Å². The van der Waals surface area contributed by atoms with E-state index in [1.807, 2.05) is 0 Å². The average molecular weight is 211 g/mol. The summed E-state index contributed by atoms with van der Waals surface area (Å²) in [6.45, 7) is 1.63. The molecule has 0 aliphatic rings. The van der Waals surface area contributed by atoms with Crippen LogP contribution in [0.2, 0.25) is 0 Å². The molecule has 0 spiro atoms. The molecule has 1 aromatic carbocycles. The lowest BCUT2D eigenvalue weighted by atomic mass is 10.3. The molecule has 1 rings (SSSR count). The van der Waals surface area contributed by atoms with Gasteiger partial charge in [0, 0.05) is 18.6 Å². The quantitative estimate of drug-likeness (QED) is 0.431. The van der Waals surface area contributed by atoms with Crippen LogP contribution in [0.25, 0.3) is 0 Å². The van der Waals surface area contributed by atoms with Crippen molar-refractivity contribution >= 4 is 11.7 Å². The summed E-state index contributed by atoms with van der Waals surface area (Å²) in [5.74, 6) is -0.268. The van der Waals surface area contributed by atoms with Crippen LogP contribution in [0.3, 0.4) is 0 Å². The number of carbonyl (C=O) groups is 1. The van der Waals surface area contributed by atoms with Gasteiger partial charge in [-0.2, -0.15) is 0 Å². The zero-order chi connectivity index (χ0) is 11.3. The Kier molecular flexibility index (Phi) is 3.61. The number of non-ortho nitro benzene ring substituents is 1. The number of hydrogen-bond acceptors (Lipinski definition) is 5. The number of carbonyl (C=O) groups excluding carboxylic acids is 1. The van der Waals surface area contributed by atoms with Gasteiger partial charge in [-0.25, -0.2) is 4.79 Å². The number of nitro groups is 1. The van der Waals surface area contributed by atoms with Gasteiger partial charge in [0.1, 0.15) is 0 Å². The number of nitro benzene ring substituents is 1. The van der Waals surface area contributed by atoms with Gasteiger partial charge in [0.2, 0.25) is 0 Å². The van der Waals surface area contributed by atoms with Crippen LogP contribution in [0.1, 0.15) is 13.3 Å². The molecule has 15 heavy (non-hydrogen) atoms. The molecule has 0 radical (unpaired) electrons. The van der Waals surface area contributed by atoms with E-state index in [-0.39, 0.29) is 17.9 Å². The van der Waals surface area contributed by atoms with Crippen molar-refractivity contribution in [3.63, 3.8) is 0 Å². The Morgan fingerprint density at radius 2 is 2.00 bits per heavy atom. The Bertz CT molecular complexity index is 359. The third-order valence-corrected chi connectivity index (χ3v) is 1.57. The van der Waals surface area contributed by atoms with Gasteiger partial charge in [-0.1, -0.05) is 6.92 Å². The maximum Gasteiger partial charge on any atom is 0.355 e. The van der Waals surface area contributed by atoms with Crippen LogP contribution in [0.15, 0.2) is 24.3 Å². The SMILES string of the molecule is CCC(=O)OOc1ccc([N+](=O)[O-])cc1. The Hall–Kier alpha value is -2.11. The first-order valence-corrected chi connectivity index (χ1v) is 4.25. The Balaban J connectivity index is 2.57. The molecule has 0 saturated heterocycles. The van der Waals surface area contributed by atoms with E-state index in [1.165, 1.54) is 24.3 Å². The number of nitrogens with zero attached hydrogens (tertiary/aromatic N) is 1. The van der Waals surface area contributed by atoms with Crippen LogP contribution in [0, 0.1) is 10.1 Å². The van der Waals surface area contributed by atoms with E-state index < -0.39 is 10.9 Å². The summed E-state index contributed by atoms with van der Waals surface area (Å²) in [5, 5.41) is 10.3. The lowest BCUT2D eigenvalue weighted by molar-refractivity contribution is -0.384. The van der Waals surface area contributed by atoms with Crippen molar-refractivity contribution in [2.45, 2.75) is 13.3 Å². The Morgan fingerprint density at radius 1 is 1.40 bits per heavy atom. The minimum absolute atomic E-state index is 0.0517. The summed E-state index contributed by atoms with van der Waals surface area (Å²) in [7, 11) is 0. The fourth-order valence-corrected chi connectivity index (χ4v) is 0.777. The lowest BCUT2D eigenvalue weighted by Crippen LogP contribution is -2.05. The number of benzene rings is 1. The molecular weight excluding hydrogens is 202 g/mol. The maximum atomic E-state index is 10.7. The van der Waals surface area contributed by atoms with E-state index in [4.69, 9.17) is 0 Å². The highest BCUT2D eigenvalue weighted by atomic mass is 17.2. The molecule has 1 aromatic rings. The minimum Gasteiger partial charge on any atom is -0.287 e. The van der Waals surface area contributed by atoms with E-state index in [1.54, 1.807) is 6.92 Å². The van der Waals surface area contributed by atoms with Crippen LogP contribution in [0.4, 0.5) is 5.69 Å². The molecule has 6 nitrogen and oxygen atoms in total. The van der Waals surface area contributed by atoms with Gasteiger partial charge in [-0.15, -0.1) is 0 Å². The van der Waals surface area contributed by atoms with E-state index in [0.717, 1.165) is 0 Å². The second-order valence-corrected chi connectivity index (χ2v) is 2.64. The van der Waals surface area contributed by atoms with E-state index in [9.17, 15) is 14.9 Å². The van der Waals surface area contributed by atoms with Gasteiger partial charge in [0.25, 0.3) is 5.69 Å². The molecule has 6 heteroatoms.